The first-order valence-electron chi connectivity index (χ1n) is 6.89. The maximum Gasteiger partial charge on any atom is 0.251 e. The fourth-order valence-corrected chi connectivity index (χ4v) is 1.83. The summed E-state index contributed by atoms with van der Waals surface area (Å²) in [4.78, 5) is 27.3. The summed E-state index contributed by atoms with van der Waals surface area (Å²) in [5.41, 5.74) is 0.819. The van der Waals surface area contributed by atoms with E-state index in [1.165, 1.54) is 18.2 Å². The summed E-state index contributed by atoms with van der Waals surface area (Å²) in [6.07, 6.45) is 3.68. The van der Waals surface area contributed by atoms with E-state index in [0.717, 1.165) is 0 Å². The number of pyridine rings is 1. The predicted molar refractivity (Wildman–Crippen MR) is 79.9 cm³/mol. The summed E-state index contributed by atoms with van der Waals surface area (Å²) < 4.78 is 13.0. The minimum Gasteiger partial charge on any atom is -0.352 e. The molecule has 0 fully saturated rings. The normalized spacial score (nSPS) is 10.0. The van der Waals surface area contributed by atoms with Gasteiger partial charge in [0.25, 0.3) is 11.8 Å². The van der Waals surface area contributed by atoms with Crippen LogP contribution in [0, 0.1) is 5.82 Å². The van der Waals surface area contributed by atoms with E-state index in [4.69, 9.17) is 0 Å². The Morgan fingerprint density at radius 1 is 0.955 bits per heavy atom. The van der Waals surface area contributed by atoms with Gasteiger partial charge in [0, 0.05) is 36.6 Å². The van der Waals surface area contributed by atoms with Gasteiger partial charge in [-0.05, 0) is 36.8 Å². The number of rotatable bonds is 6. The smallest absolute Gasteiger partial charge is 0.251 e. The molecule has 2 aromatic rings. The van der Waals surface area contributed by atoms with E-state index in [1.807, 2.05) is 0 Å². The predicted octanol–water partition coefficient (Wildman–Crippen LogP) is 1.77. The van der Waals surface area contributed by atoms with Gasteiger partial charge in [-0.25, -0.2) is 4.39 Å². The average Bonchev–Trinajstić information content (AvgIpc) is 2.55. The van der Waals surface area contributed by atoms with Crippen molar-refractivity contribution in [3.8, 4) is 0 Å². The lowest BCUT2D eigenvalue weighted by molar-refractivity contribution is 0.0951. The van der Waals surface area contributed by atoms with Gasteiger partial charge in [-0.3, -0.25) is 14.6 Å². The molecule has 114 valence electrons. The molecule has 0 bridgehead atoms. The highest BCUT2D eigenvalue weighted by atomic mass is 19.1. The molecule has 0 saturated heterocycles. The molecule has 0 aliphatic carbocycles. The van der Waals surface area contributed by atoms with Gasteiger partial charge in [-0.2, -0.15) is 0 Å². The minimum atomic E-state index is -0.447. The van der Waals surface area contributed by atoms with Crippen LogP contribution in [0.2, 0.25) is 0 Å². The van der Waals surface area contributed by atoms with E-state index >= 15 is 0 Å². The summed E-state index contributed by atoms with van der Waals surface area (Å²) in [7, 11) is 0. The van der Waals surface area contributed by atoms with Crippen molar-refractivity contribution < 1.29 is 14.0 Å². The first-order chi connectivity index (χ1) is 10.7. The van der Waals surface area contributed by atoms with Crippen LogP contribution in [0.5, 0.6) is 0 Å². The summed E-state index contributed by atoms with van der Waals surface area (Å²) in [6.45, 7) is 0.830. The summed E-state index contributed by atoms with van der Waals surface area (Å²) in [5, 5.41) is 5.42. The second kappa shape index (κ2) is 7.87. The molecule has 6 heteroatoms. The van der Waals surface area contributed by atoms with Gasteiger partial charge in [0.2, 0.25) is 0 Å². The fourth-order valence-electron chi connectivity index (χ4n) is 1.83. The first-order valence-corrected chi connectivity index (χ1v) is 6.89. The van der Waals surface area contributed by atoms with E-state index in [1.54, 1.807) is 30.6 Å². The van der Waals surface area contributed by atoms with Gasteiger partial charge >= 0.3 is 0 Å². The number of hydrogen-bond donors (Lipinski definition) is 2. The third-order valence-corrected chi connectivity index (χ3v) is 2.95. The lowest BCUT2D eigenvalue weighted by Gasteiger charge is -2.07. The number of hydrogen-bond acceptors (Lipinski definition) is 3. The highest BCUT2D eigenvalue weighted by Gasteiger charge is 2.06. The second-order valence-corrected chi connectivity index (χ2v) is 4.61. The Kier molecular flexibility index (Phi) is 5.59. The SMILES string of the molecule is O=C(NCCCNC(=O)c1cccc(F)c1)c1ccncc1. The molecular formula is C16H16FN3O2. The molecule has 0 saturated carbocycles. The molecule has 1 aromatic heterocycles. The van der Waals surface area contributed by atoms with Crippen molar-refractivity contribution in [2.45, 2.75) is 6.42 Å². The Bertz CT molecular complexity index is 647. The molecular weight excluding hydrogens is 285 g/mol. The van der Waals surface area contributed by atoms with Crippen molar-refractivity contribution >= 4 is 11.8 Å². The van der Waals surface area contributed by atoms with Crippen molar-refractivity contribution in [2.24, 2.45) is 0 Å². The molecule has 2 N–H and O–H groups in total. The number of benzene rings is 1. The molecule has 0 aliphatic heterocycles. The highest BCUT2D eigenvalue weighted by Crippen LogP contribution is 2.03. The Labute approximate surface area is 127 Å². The minimum absolute atomic E-state index is 0.182. The van der Waals surface area contributed by atoms with Crippen molar-refractivity contribution in [1.82, 2.24) is 15.6 Å². The zero-order chi connectivity index (χ0) is 15.8. The fraction of sp³-hybridized carbons (Fsp3) is 0.188. The number of amides is 2. The Balaban J connectivity index is 1.67. The molecule has 0 aliphatic rings. The van der Waals surface area contributed by atoms with Crippen LogP contribution < -0.4 is 10.6 Å². The zero-order valence-corrected chi connectivity index (χ0v) is 11.9. The molecule has 2 rings (SSSR count). The third-order valence-electron chi connectivity index (χ3n) is 2.95. The van der Waals surface area contributed by atoms with Crippen molar-refractivity contribution in [3.63, 3.8) is 0 Å². The molecule has 0 radical (unpaired) electrons. The molecule has 22 heavy (non-hydrogen) atoms. The lowest BCUT2D eigenvalue weighted by Crippen LogP contribution is -2.29. The summed E-state index contributed by atoms with van der Waals surface area (Å²) in [6, 6.07) is 8.75. The van der Waals surface area contributed by atoms with Crippen LogP contribution in [-0.2, 0) is 0 Å². The van der Waals surface area contributed by atoms with Crippen molar-refractivity contribution in [2.75, 3.05) is 13.1 Å². The van der Waals surface area contributed by atoms with Crippen LogP contribution in [0.1, 0.15) is 27.1 Å². The Morgan fingerprint density at radius 2 is 1.59 bits per heavy atom. The largest absolute Gasteiger partial charge is 0.352 e. The van der Waals surface area contributed by atoms with Gasteiger partial charge in [0.1, 0.15) is 5.82 Å². The van der Waals surface area contributed by atoms with E-state index in [0.29, 0.717) is 25.1 Å². The van der Waals surface area contributed by atoms with E-state index < -0.39 is 5.82 Å². The van der Waals surface area contributed by atoms with Gasteiger partial charge in [0.05, 0.1) is 0 Å². The molecule has 0 spiro atoms. The quantitative estimate of drug-likeness (QED) is 0.799. The first kappa shape index (κ1) is 15.6. The van der Waals surface area contributed by atoms with Gasteiger partial charge in [0.15, 0.2) is 0 Å². The molecule has 1 heterocycles. The third kappa shape index (κ3) is 4.66. The van der Waals surface area contributed by atoms with Gasteiger partial charge in [-0.1, -0.05) is 6.07 Å². The summed E-state index contributed by atoms with van der Waals surface area (Å²) >= 11 is 0. The molecule has 0 unspecified atom stereocenters. The van der Waals surface area contributed by atoms with E-state index in [2.05, 4.69) is 15.6 Å². The number of halogens is 1. The summed E-state index contributed by atoms with van der Waals surface area (Å²) in [5.74, 6) is -0.962. The Hall–Kier alpha value is -2.76. The second-order valence-electron chi connectivity index (χ2n) is 4.61. The molecule has 5 nitrogen and oxygen atoms in total. The number of nitrogens with zero attached hydrogens (tertiary/aromatic N) is 1. The standard InChI is InChI=1S/C16H16FN3O2/c17-14-4-1-3-13(11-14)16(22)20-8-2-7-19-15(21)12-5-9-18-10-6-12/h1,3-6,9-11H,2,7-8H2,(H,19,21)(H,20,22). The topological polar surface area (TPSA) is 71.1 Å². The van der Waals surface area contributed by atoms with Gasteiger partial charge < -0.3 is 10.6 Å². The lowest BCUT2D eigenvalue weighted by atomic mass is 10.2. The number of carbonyl (C=O) groups is 2. The number of carbonyl (C=O) groups excluding carboxylic acids is 2. The molecule has 2 amide bonds. The van der Waals surface area contributed by atoms with E-state index in [-0.39, 0.29) is 17.4 Å². The van der Waals surface area contributed by atoms with Crippen LogP contribution in [-0.4, -0.2) is 29.9 Å². The van der Waals surface area contributed by atoms with Crippen LogP contribution >= 0.6 is 0 Å². The van der Waals surface area contributed by atoms with Crippen molar-refractivity contribution in [1.29, 1.82) is 0 Å². The average molecular weight is 301 g/mol. The van der Waals surface area contributed by atoms with Crippen LogP contribution in [0.25, 0.3) is 0 Å². The zero-order valence-electron chi connectivity index (χ0n) is 11.9. The maximum atomic E-state index is 13.0. The Morgan fingerprint density at radius 3 is 2.23 bits per heavy atom. The monoisotopic (exact) mass is 301 g/mol. The molecule has 1 aromatic carbocycles. The highest BCUT2D eigenvalue weighted by molar-refractivity contribution is 5.94. The van der Waals surface area contributed by atoms with Crippen molar-refractivity contribution in [3.05, 3.63) is 65.7 Å². The van der Waals surface area contributed by atoms with Crippen LogP contribution in [0.3, 0.4) is 0 Å². The molecule has 0 atom stereocenters. The maximum absolute atomic E-state index is 13.0. The van der Waals surface area contributed by atoms with E-state index in [9.17, 15) is 14.0 Å². The number of aromatic nitrogens is 1. The van der Waals surface area contributed by atoms with Crippen LogP contribution in [0.4, 0.5) is 4.39 Å². The number of nitrogens with one attached hydrogen (secondary N) is 2. The van der Waals surface area contributed by atoms with Gasteiger partial charge in [-0.15, -0.1) is 0 Å². The van der Waals surface area contributed by atoms with Crippen LogP contribution in [0.15, 0.2) is 48.8 Å².